The summed E-state index contributed by atoms with van der Waals surface area (Å²) in [7, 11) is 4.03. The van der Waals surface area contributed by atoms with Crippen molar-refractivity contribution < 1.29 is 0 Å². The van der Waals surface area contributed by atoms with Gasteiger partial charge < -0.3 is 10.6 Å². The number of aliphatic imine (C=N–C) groups is 1. The molecule has 24 heavy (non-hydrogen) atoms. The standard InChI is InChI=1S/C19H34N4S/c1-17(23(3)16-18-10-6-5-7-11-18)12-14-22-19(20-2)21-13-8-9-15-24-4/h5-7,10-11,17H,8-9,12-16H2,1-4H3,(H2,20,21,22). The summed E-state index contributed by atoms with van der Waals surface area (Å²) in [5.74, 6) is 2.15. The highest BCUT2D eigenvalue weighted by Crippen LogP contribution is 2.07. The van der Waals surface area contributed by atoms with Crippen LogP contribution in [0, 0.1) is 0 Å². The zero-order valence-electron chi connectivity index (χ0n) is 15.7. The molecule has 1 atom stereocenters. The van der Waals surface area contributed by atoms with E-state index in [9.17, 15) is 0 Å². The fourth-order valence-corrected chi connectivity index (χ4v) is 2.94. The second-order valence-electron chi connectivity index (χ2n) is 6.16. The van der Waals surface area contributed by atoms with Gasteiger partial charge in [-0.3, -0.25) is 9.89 Å². The molecule has 5 heteroatoms. The van der Waals surface area contributed by atoms with Gasteiger partial charge in [-0.25, -0.2) is 0 Å². The lowest BCUT2D eigenvalue weighted by molar-refractivity contribution is 0.238. The van der Waals surface area contributed by atoms with Crippen LogP contribution in [-0.4, -0.2) is 56.1 Å². The molecule has 0 aliphatic carbocycles. The van der Waals surface area contributed by atoms with Crippen LogP contribution < -0.4 is 10.6 Å². The minimum absolute atomic E-state index is 0.525. The molecule has 0 radical (unpaired) electrons. The van der Waals surface area contributed by atoms with Gasteiger partial charge in [-0.2, -0.15) is 11.8 Å². The van der Waals surface area contributed by atoms with Crippen molar-refractivity contribution in [2.24, 2.45) is 4.99 Å². The number of nitrogens with zero attached hydrogens (tertiary/aromatic N) is 2. The number of hydrogen-bond acceptors (Lipinski definition) is 3. The fourth-order valence-electron chi connectivity index (χ4n) is 2.45. The highest BCUT2D eigenvalue weighted by Gasteiger charge is 2.09. The van der Waals surface area contributed by atoms with Crippen molar-refractivity contribution in [3.05, 3.63) is 35.9 Å². The fraction of sp³-hybridized carbons (Fsp3) is 0.632. The van der Waals surface area contributed by atoms with Gasteiger partial charge in [0.1, 0.15) is 0 Å². The van der Waals surface area contributed by atoms with E-state index in [4.69, 9.17) is 0 Å². The first-order chi connectivity index (χ1) is 11.7. The largest absolute Gasteiger partial charge is 0.356 e. The van der Waals surface area contributed by atoms with E-state index < -0.39 is 0 Å². The predicted octanol–water partition coefficient (Wildman–Crippen LogP) is 3.21. The van der Waals surface area contributed by atoms with Gasteiger partial charge in [0.25, 0.3) is 0 Å². The molecule has 0 saturated carbocycles. The van der Waals surface area contributed by atoms with E-state index in [0.717, 1.165) is 32.0 Å². The highest BCUT2D eigenvalue weighted by molar-refractivity contribution is 7.98. The van der Waals surface area contributed by atoms with Crippen molar-refractivity contribution in [2.75, 3.05) is 39.2 Å². The van der Waals surface area contributed by atoms with Crippen LogP contribution in [-0.2, 0) is 6.54 Å². The van der Waals surface area contributed by atoms with Gasteiger partial charge in [0.05, 0.1) is 0 Å². The minimum Gasteiger partial charge on any atom is -0.356 e. The summed E-state index contributed by atoms with van der Waals surface area (Å²) in [6.07, 6.45) is 5.70. The second-order valence-corrected chi connectivity index (χ2v) is 7.15. The average molecular weight is 351 g/mol. The molecule has 0 fully saturated rings. The molecule has 0 aliphatic heterocycles. The van der Waals surface area contributed by atoms with Crippen LogP contribution in [0.4, 0.5) is 0 Å². The first-order valence-electron chi connectivity index (χ1n) is 8.85. The van der Waals surface area contributed by atoms with E-state index in [-0.39, 0.29) is 0 Å². The zero-order valence-corrected chi connectivity index (χ0v) is 16.5. The Labute approximate surface area is 152 Å². The molecular formula is C19H34N4S. The van der Waals surface area contributed by atoms with Crippen molar-refractivity contribution >= 4 is 17.7 Å². The lowest BCUT2D eigenvalue weighted by atomic mass is 10.1. The number of guanidine groups is 1. The molecule has 4 nitrogen and oxygen atoms in total. The third kappa shape index (κ3) is 9.18. The van der Waals surface area contributed by atoms with Gasteiger partial charge >= 0.3 is 0 Å². The smallest absolute Gasteiger partial charge is 0.190 e. The molecule has 0 heterocycles. The molecular weight excluding hydrogens is 316 g/mol. The molecule has 2 N–H and O–H groups in total. The van der Waals surface area contributed by atoms with Crippen LogP contribution in [0.3, 0.4) is 0 Å². The normalized spacial score (nSPS) is 13.1. The van der Waals surface area contributed by atoms with E-state index in [0.29, 0.717) is 6.04 Å². The maximum absolute atomic E-state index is 4.29. The van der Waals surface area contributed by atoms with Crippen LogP contribution >= 0.6 is 11.8 Å². The lowest BCUT2D eigenvalue weighted by Gasteiger charge is -2.25. The van der Waals surface area contributed by atoms with E-state index in [1.165, 1.54) is 24.2 Å². The van der Waals surface area contributed by atoms with Gasteiger partial charge in [-0.15, -0.1) is 0 Å². The van der Waals surface area contributed by atoms with Crippen molar-refractivity contribution in [1.29, 1.82) is 0 Å². The Morgan fingerprint density at radius 2 is 1.88 bits per heavy atom. The monoisotopic (exact) mass is 350 g/mol. The van der Waals surface area contributed by atoms with Gasteiger partial charge in [0.15, 0.2) is 5.96 Å². The first-order valence-corrected chi connectivity index (χ1v) is 10.2. The van der Waals surface area contributed by atoms with Crippen molar-refractivity contribution in [1.82, 2.24) is 15.5 Å². The minimum atomic E-state index is 0.525. The van der Waals surface area contributed by atoms with E-state index in [1.807, 2.05) is 18.8 Å². The topological polar surface area (TPSA) is 39.7 Å². The Hall–Kier alpha value is -1.20. The summed E-state index contributed by atoms with van der Waals surface area (Å²) in [5, 5.41) is 6.80. The van der Waals surface area contributed by atoms with Gasteiger partial charge in [0, 0.05) is 32.7 Å². The van der Waals surface area contributed by atoms with Crippen LogP contribution in [0.15, 0.2) is 35.3 Å². The molecule has 0 amide bonds. The Balaban J connectivity index is 2.19. The van der Waals surface area contributed by atoms with Crippen molar-refractivity contribution in [3.8, 4) is 0 Å². The van der Waals surface area contributed by atoms with E-state index in [1.54, 1.807) is 0 Å². The zero-order chi connectivity index (χ0) is 17.6. The highest BCUT2D eigenvalue weighted by atomic mass is 32.2. The molecule has 1 aromatic carbocycles. The predicted molar refractivity (Wildman–Crippen MR) is 109 cm³/mol. The number of unbranched alkanes of at least 4 members (excludes halogenated alkanes) is 1. The third-order valence-corrected chi connectivity index (χ3v) is 4.87. The van der Waals surface area contributed by atoms with Crippen molar-refractivity contribution in [2.45, 2.75) is 38.8 Å². The summed E-state index contributed by atoms with van der Waals surface area (Å²) in [4.78, 5) is 6.69. The Kier molecular flexibility index (Phi) is 11.4. The molecule has 0 bridgehead atoms. The van der Waals surface area contributed by atoms with Gasteiger partial charge in [0.2, 0.25) is 0 Å². The second kappa shape index (κ2) is 13.1. The number of nitrogens with one attached hydrogen (secondary N) is 2. The molecule has 136 valence electrons. The number of thioether (sulfide) groups is 1. The Morgan fingerprint density at radius 1 is 1.17 bits per heavy atom. The molecule has 0 spiro atoms. The first kappa shape index (κ1) is 20.8. The maximum atomic E-state index is 4.29. The average Bonchev–Trinajstić information content (AvgIpc) is 2.60. The molecule has 1 aromatic rings. The van der Waals surface area contributed by atoms with Gasteiger partial charge in [-0.1, -0.05) is 30.3 Å². The maximum Gasteiger partial charge on any atom is 0.190 e. The Morgan fingerprint density at radius 3 is 2.54 bits per heavy atom. The third-order valence-electron chi connectivity index (χ3n) is 4.17. The van der Waals surface area contributed by atoms with Crippen LogP contribution in [0.5, 0.6) is 0 Å². The summed E-state index contributed by atoms with van der Waals surface area (Å²) in [6, 6.07) is 11.2. The van der Waals surface area contributed by atoms with Crippen LogP contribution in [0.25, 0.3) is 0 Å². The number of benzene rings is 1. The number of hydrogen-bond donors (Lipinski definition) is 2. The quantitative estimate of drug-likeness (QED) is 0.365. The van der Waals surface area contributed by atoms with Crippen molar-refractivity contribution in [3.63, 3.8) is 0 Å². The SMILES string of the molecule is CN=C(NCCCCSC)NCCC(C)N(C)Cc1ccccc1. The van der Waals surface area contributed by atoms with Gasteiger partial charge in [-0.05, 0) is 50.8 Å². The molecule has 0 aromatic heterocycles. The van der Waals surface area contributed by atoms with E-state index in [2.05, 4.69) is 71.1 Å². The lowest BCUT2D eigenvalue weighted by Crippen LogP contribution is -2.40. The summed E-state index contributed by atoms with van der Waals surface area (Å²) < 4.78 is 0. The molecule has 0 saturated heterocycles. The number of rotatable bonds is 11. The summed E-state index contributed by atoms with van der Waals surface area (Å²) in [6.45, 7) is 5.20. The van der Waals surface area contributed by atoms with Crippen LogP contribution in [0.1, 0.15) is 31.7 Å². The molecule has 1 rings (SSSR count). The Bertz CT molecular complexity index is 450. The summed E-state index contributed by atoms with van der Waals surface area (Å²) >= 11 is 1.91. The summed E-state index contributed by atoms with van der Waals surface area (Å²) in [5.41, 5.74) is 1.36. The van der Waals surface area contributed by atoms with Crippen LogP contribution in [0.2, 0.25) is 0 Å². The van der Waals surface area contributed by atoms with E-state index >= 15 is 0 Å². The molecule has 0 aliphatic rings. The molecule has 1 unspecified atom stereocenters.